The highest BCUT2D eigenvalue weighted by atomic mass is 35.5. The van der Waals surface area contributed by atoms with E-state index in [1.54, 1.807) is 36.4 Å². The summed E-state index contributed by atoms with van der Waals surface area (Å²) in [6.45, 7) is 3.76. The molecular formula is C18H16Cl2O4. The Hall–Kier alpha value is -2.04. The van der Waals surface area contributed by atoms with E-state index in [4.69, 9.17) is 32.7 Å². The van der Waals surface area contributed by atoms with E-state index < -0.39 is 11.9 Å². The third-order valence-corrected chi connectivity index (χ3v) is 3.75. The molecular weight excluding hydrogens is 351 g/mol. The van der Waals surface area contributed by atoms with Crippen LogP contribution in [0.2, 0.25) is 10.0 Å². The number of carbonyl (C=O) groups excluding carboxylic acids is 2. The van der Waals surface area contributed by atoms with Crippen molar-refractivity contribution in [2.75, 3.05) is 0 Å². The molecule has 0 fully saturated rings. The second-order valence-corrected chi connectivity index (χ2v) is 6.13. The van der Waals surface area contributed by atoms with Gasteiger partial charge in [-0.2, -0.15) is 0 Å². The molecule has 0 bridgehead atoms. The quantitative estimate of drug-likeness (QED) is 0.557. The fraction of sp³-hybridized carbons (Fsp3) is 0.222. The number of hydrogen-bond acceptors (Lipinski definition) is 4. The highest BCUT2D eigenvalue weighted by molar-refractivity contribution is 6.32. The normalized spacial score (nSPS) is 10.3. The summed E-state index contributed by atoms with van der Waals surface area (Å²) in [7, 11) is 0. The van der Waals surface area contributed by atoms with Crippen molar-refractivity contribution in [2.45, 2.75) is 26.7 Å². The van der Waals surface area contributed by atoms with Crippen molar-refractivity contribution in [3.05, 3.63) is 57.6 Å². The molecule has 0 heterocycles. The lowest BCUT2D eigenvalue weighted by molar-refractivity contribution is -0.140. The van der Waals surface area contributed by atoms with Gasteiger partial charge in [-0.25, -0.2) is 0 Å². The van der Waals surface area contributed by atoms with E-state index in [9.17, 15) is 9.59 Å². The molecule has 0 spiro atoms. The first-order valence-corrected chi connectivity index (χ1v) is 8.04. The molecule has 2 aromatic rings. The molecule has 0 radical (unpaired) electrons. The van der Waals surface area contributed by atoms with Gasteiger partial charge in [0.1, 0.15) is 11.5 Å². The molecule has 126 valence electrons. The Morgan fingerprint density at radius 1 is 0.792 bits per heavy atom. The average molecular weight is 367 g/mol. The highest BCUT2D eigenvalue weighted by Crippen LogP contribution is 2.27. The molecule has 0 amide bonds. The van der Waals surface area contributed by atoms with Crippen LogP contribution in [0, 0.1) is 13.8 Å². The van der Waals surface area contributed by atoms with Crippen LogP contribution in [-0.2, 0) is 9.59 Å². The summed E-state index contributed by atoms with van der Waals surface area (Å²) >= 11 is 12.0. The van der Waals surface area contributed by atoms with Gasteiger partial charge in [0, 0.05) is 0 Å². The van der Waals surface area contributed by atoms with Crippen molar-refractivity contribution in [1.82, 2.24) is 0 Å². The summed E-state index contributed by atoms with van der Waals surface area (Å²) in [6, 6.07) is 10.2. The number of rotatable bonds is 5. The molecule has 24 heavy (non-hydrogen) atoms. The number of hydrogen-bond donors (Lipinski definition) is 0. The molecule has 6 heteroatoms. The van der Waals surface area contributed by atoms with Crippen molar-refractivity contribution in [2.24, 2.45) is 0 Å². The Kier molecular flexibility index (Phi) is 6.23. The first-order valence-electron chi connectivity index (χ1n) is 7.29. The van der Waals surface area contributed by atoms with Gasteiger partial charge in [-0.1, -0.05) is 35.3 Å². The molecule has 0 N–H and O–H groups in total. The zero-order valence-electron chi connectivity index (χ0n) is 13.3. The second kappa shape index (κ2) is 8.18. The molecule has 2 aromatic carbocycles. The Bertz CT molecular complexity index is 706. The molecule has 0 saturated carbocycles. The molecule has 2 rings (SSSR count). The maximum Gasteiger partial charge on any atom is 0.311 e. The average Bonchev–Trinajstić information content (AvgIpc) is 2.51. The molecule has 0 aliphatic carbocycles. The topological polar surface area (TPSA) is 52.6 Å². The van der Waals surface area contributed by atoms with E-state index in [2.05, 4.69) is 0 Å². The largest absolute Gasteiger partial charge is 0.425 e. The first-order chi connectivity index (χ1) is 11.3. The summed E-state index contributed by atoms with van der Waals surface area (Å²) in [6.07, 6.45) is -0.237. The Morgan fingerprint density at radius 3 is 1.50 bits per heavy atom. The van der Waals surface area contributed by atoms with Crippen LogP contribution >= 0.6 is 23.2 Å². The van der Waals surface area contributed by atoms with E-state index in [1.165, 1.54) is 0 Å². The number of carbonyl (C=O) groups is 2. The van der Waals surface area contributed by atoms with Crippen LogP contribution < -0.4 is 9.47 Å². The fourth-order valence-electron chi connectivity index (χ4n) is 1.93. The molecule has 0 saturated heterocycles. The molecule has 0 aromatic heterocycles. The van der Waals surface area contributed by atoms with Gasteiger partial charge in [0.05, 0.1) is 22.9 Å². The molecule has 0 aliphatic rings. The number of aryl methyl sites for hydroxylation is 2. The van der Waals surface area contributed by atoms with E-state index >= 15 is 0 Å². The lowest BCUT2D eigenvalue weighted by Crippen LogP contribution is -2.14. The van der Waals surface area contributed by atoms with Crippen molar-refractivity contribution >= 4 is 35.1 Å². The smallest absolute Gasteiger partial charge is 0.311 e. The van der Waals surface area contributed by atoms with E-state index in [-0.39, 0.29) is 24.3 Å². The van der Waals surface area contributed by atoms with E-state index in [0.29, 0.717) is 10.0 Å². The zero-order valence-corrected chi connectivity index (χ0v) is 14.8. The lowest BCUT2D eigenvalue weighted by Gasteiger charge is -2.08. The molecule has 0 unspecified atom stereocenters. The number of benzene rings is 2. The predicted molar refractivity (Wildman–Crippen MR) is 92.9 cm³/mol. The van der Waals surface area contributed by atoms with Crippen LogP contribution in [-0.4, -0.2) is 11.9 Å². The molecule has 0 atom stereocenters. The van der Waals surface area contributed by atoms with Gasteiger partial charge in [0.25, 0.3) is 0 Å². The zero-order chi connectivity index (χ0) is 17.7. The van der Waals surface area contributed by atoms with Crippen LogP contribution in [0.1, 0.15) is 24.0 Å². The predicted octanol–water partition coefficient (Wildman–Crippen LogP) is 4.90. The maximum absolute atomic E-state index is 11.8. The van der Waals surface area contributed by atoms with Gasteiger partial charge in [-0.3, -0.25) is 9.59 Å². The monoisotopic (exact) mass is 366 g/mol. The molecule has 0 aliphatic heterocycles. The second-order valence-electron chi connectivity index (χ2n) is 5.32. The minimum Gasteiger partial charge on any atom is -0.425 e. The highest BCUT2D eigenvalue weighted by Gasteiger charge is 2.14. The summed E-state index contributed by atoms with van der Waals surface area (Å²) in [5.41, 5.74) is 1.91. The van der Waals surface area contributed by atoms with Crippen LogP contribution in [0.15, 0.2) is 36.4 Å². The Balaban J connectivity index is 1.85. The molecule has 4 nitrogen and oxygen atoms in total. The van der Waals surface area contributed by atoms with Gasteiger partial charge in [0.15, 0.2) is 0 Å². The van der Waals surface area contributed by atoms with Crippen molar-refractivity contribution < 1.29 is 19.1 Å². The van der Waals surface area contributed by atoms with Crippen LogP contribution in [0.25, 0.3) is 0 Å². The van der Waals surface area contributed by atoms with Crippen LogP contribution in [0.3, 0.4) is 0 Å². The third kappa shape index (κ3) is 5.25. The summed E-state index contributed by atoms with van der Waals surface area (Å²) in [4.78, 5) is 23.6. The minimum atomic E-state index is -0.562. The number of ether oxygens (including phenoxy) is 2. The lowest BCUT2D eigenvalue weighted by atomic mass is 10.2. The fourth-order valence-corrected chi connectivity index (χ4v) is 2.48. The van der Waals surface area contributed by atoms with E-state index in [0.717, 1.165) is 11.1 Å². The van der Waals surface area contributed by atoms with Gasteiger partial charge in [-0.15, -0.1) is 0 Å². The van der Waals surface area contributed by atoms with Crippen molar-refractivity contribution in [1.29, 1.82) is 0 Å². The van der Waals surface area contributed by atoms with Gasteiger partial charge >= 0.3 is 11.9 Å². The van der Waals surface area contributed by atoms with Crippen LogP contribution in [0.4, 0.5) is 0 Å². The SMILES string of the molecule is Cc1ccc(OC(=O)CCC(=O)Oc2ccc(C)cc2Cl)c(Cl)c1. The Labute approximate surface area is 150 Å². The summed E-state index contributed by atoms with van der Waals surface area (Å²) in [5.74, 6) is -0.593. The van der Waals surface area contributed by atoms with Gasteiger partial charge in [0.2, 0.25) is 0 Å². The summed E-state index contributed by atoms with van der Waals surface area (Å²) < 4.78 is 10.3. The minimum absolute atomic E-state index is 0.119. The van der Waals surface area contributed by atoms with Gasteiger partial charge in [-0.05, 0) is 49.2 Å². The van der Waals surface area contributed by atoms with Crippen molar-refractivity contribution in [3.63, 3.8) is 0 Å². The maximum atomic E-state index is 11.8. The van der Waals surface area contributed by atoms with Gasteiger partial charge < -0.3 is 9.47 Å². The Morgan fingerprint density at radius 2 is 1.17 bits per heavy atom. The van der Waals surface area contributed by atoms with Crippen molar-refractivity contribution in [3.8, 4) is 11.5 Å². The summed E-state index contributed by atoms with van der Waals surface area (Å²) in [5, 5.41) is 0.690. The standard InChI is InChI=1S/C18H16Cl2O4/c1-11-3-5-15(13(19)9-11)23-17(21)7-8-18(22)24-16-6-4-12(2)10-14(16)20/h3-6,9-10H,7-8H2,1-2H3. The number of halogens is 2. The number of esters is 2. The van der Waals surface area contributed by atoms with E-state index in [1.807, 2.05) is 13.8 Å². The third-order valence-electron chi connectivity index (χ3n) is 3.16. The van der Waals surface area contributed by atoms with Crippen LogP contribution in [0.5, 0.6) is 11.5 Å². The first kappa shape index (κ1) is 18.3.